The van der Waals surface area contributed by atoms with Gasteiger partial charge in [-0.2, -0.15) is 0 Å². The molecule has 0 aromatic heterocycles. The molecule has 4 heteroatoms. The van der Waals surface area contributed by atoms with E-state index in [2.05, 4.69) is 31.1 Å². The van der Waals surface area contributed by atoms with Crippen LogP contribution in [0.2, 0.25) is 0 Å². The van der Waals surface area contributed by atoms with Crippen LogP contribution in [0.25, 0.3) is 0 Å². The number of carbonyl (C=O) groups is 1. The molecule has 0 aromatic rings. The molecule has 118 valence electrons. The highest BCUT2D eigenvalue weighted by atomic mass is 16.2. The maximum Gasteiger partial charge on any atom is 0.236 e. The number of piperidine rings is 1. The lowest BCUT2D eigenvalue weighted by atomic mass is 9.96. The third kappa shape index (κ3) is 6.71. The summed E-state index contributed by atoms with van der Waals surface area (Å²) in [6, 6.07) is 0. The molecule has 1 aliphatic rings. The largest absolute Gasteiger partial charge is 0.342 e. The van der Waals surface area contributed by atoms with E-state index in [0.29, 0.717) is 6.54 Å². The number of nitrogens with one attached hydrogen (secondary N) is 1. The Labute approximate surface area is 124 Å². The van der Waals surface area contributed by atoms with E-state index in [1.807, 2.05) is 4.90 Å². The number of carbonyl (C=O) groups excluding carboxylic acids is 1. The maximum absolute atomic E-state index is 12.0. The minimum Gasteiger partial charge on any atom is -0.342 e. The maximum atomic E-state index is 12.0. The van der Waals surface area contributed by atoms with Gasteiger partial charge in [-0.3, -0.25) is 4.79 Å². The molecule has 1 saturated heterocycles. The molecular formula is C16H33N3O. The molecule has 0 atom stereocenters. The van der Waals surface area contributed by atoms with Gasteiger partial charge in [-0.25, -0.2) is 0 Å². The second-order valence-corrected chi connectivity index (χ2v) is 6.12. The van der Waals surface area contributed by atoms with Gasteiger partial charge in [0.2, 0.25) is 5.91 Å². The van der Waals surface area contributed by atoms with Crippen molar-refractivity contribution in [3.05, 3.63) is 0 Å². The zero-order chi connectivity index (χ0) is 14.8. The lowest BCUT2D eigenvalue weighted by Crippen LogP contribution is -2.44. The van der Waals surface area contributed by atoms with Crippen molar-refractivity contribution in [1.82, 2.24) is 15.1 Å². The summed E-state index contributed by atoms with van der Waals surface area (Å²) < 4.78 is 0. The van der Waals surface area contributed by atoms with Crippen molar-refractivity contribution in [2.24, 2.45) is 5.92 Å². The minimum absolute atomic E-state index is 0.274. The summed E-state index contributed by atoms with van der Waals surface area (Å²) >= 11 is 0. The fourth-order valence-electron chi connectivity index (χ4n) is 2.81. The molecule has 4 nitrogen and oxygen atoms in total. The summed E-state index contributed by atoms with van der Waals surface area (Å²) in [5.74, 6) is 1.04. The molecule has 0 bridgehead atoms. The minimum atomic E-state index is 0.274. The lowest BCUT2D eigenvalue weighted by Gasteiger charge is -2.34. The highest BCUT2D eigenvalue weighted by Crippen LogP contribution is 2.18. The third-order valence-electron chi connectivity index (χ3n) is 4.13. The van der Waals surface area contributed by atoms with Crippen molar-refractivity contribution in [3.63, 3.8) is 0 Å². The van der Waals surface area contributed by atoms with Gasteiger partial charge in [-0.05, 0) is 51.7 Å². The number of likely N-dealkylation sites (tertiary alicyclic amines) is 1. The van der Waals surface area contributed by atoms with Crippen LogP contribution < -0.4 is 5.32 Å². The first-order valence-corrected chi connectivity index (χ1v) is 8.34. The predicted molar refractivity (Wildman–Crippen MR) is 84.9 cm³/mol. The number of hydrogen-bond donors (Lipinski definition) is 1. The number of unbranched alkanes of at least 4 members (excludes halogenated alkanes) is 1. The molecule has 0 aliphatic carbocycles. The van der Waals surface area contributed by atoms with Crippen LogP contribution >= 0.6 is 0 Å². The number of amides is 1. The Morgan fingerprint density at radius 1 is 1.25 bits per heavy atom. The van der Waals surface area contributed by atoms with Gasteiger partial charge in [0, 0.05) is 19.6 Å². The molecule has 0 spiro atoms. The van der Waals surface area contributed by atoms with E-state index in [0.717, 1.165) is 44.8 Å². The first kappa shape index (κ1) is 17.4. The average molecular weight is 283 g/mol. The van der Waals surface area contributed by atoms with Crippen molar-refractivity contribution in [2.45, 2.75) is 46.0 Å². The predicted octanol–water partition coefficient (Wildman–Crippen LogP) is 1.96. The van der Waals surface area contributed by atoms with Crippen LogP contribution in [0.4, 0.5) is 0 Å². The van der Waals surface area contributed by atoms with Crippen LogP contribution in [0.15, 0.2) is 0 Å². The van der Waals surface area contributed by atoms with Crippen molar-refractivity contribution in [1.29, 1.82) is 0 Å². The Hall–Kier alpha value is -0.610. The van der Waals surface area contributed by atoms with E-state index in [1.54, 1.807) is 0 Å². The van der Waals surface area contributed by atoms with Crippen molar-refractivity contribution < 1.29 is 4.79 Å². The van der Waals surface area contributed by atoms with E-state index < -0.39 is 0 Å². The highest BCUT2D eigenvalue weighted by molar-refractivity contribution is 5.78. The zero-order valence-electron chi connectivity index (χ0n) is 13.7. The molecule has 1 aliphatic heterocycles. The summed E-state index contributed by atoms with van der Waals surface area (Å²) in [7, 11) is 2.22. The molecule has 1 rings (SSSR count). The fraction of sp³-hybridized carbons (Fsp3) is 0.938. The summed E-state index contributed by atoms with van der Waals surface area (Å²) in [6.45, 7) is 10.1. The first-order valence-electron chi connectivity index (χ1n) is 8.34. The lowest BCUT2D eigenvalue weighted by molar-refractivity contribution is -0.131. The highest BCUT2D eigenvalue weighted by Gasteiger charge is 2.23. The second-order valence-electron chi connectivity index (χ2n) is 6.12. The van der Waals surface area contributed by atoms with Gasteiger partial charge < -0.3 is 15.1 Å². The van der Waals surface area contributed by atoms with Gasteiger partial charge in [0.25, 0.3) is 0 Å². The van der Waals surface area contributed by atoms with Gasteiger partial charge in [-0.1, -0.05) is 20.3 Å². The van der Waals surface area contributed by atoms with Gasteiger partial charge in [0.1, 0.15) is 0 Å². The molecule has 1 amide bonds. The molecule has 20 heavy (non-hydrogen) atoms. The van der Waals surface area contributed by atoms with Crippen LogP contribution in [0.3, 0.4) is 0 Å². The molecular weight excluding hydrogens is 250 g/mol. The van der Waals surface area contributed by atoms with Crippen molar-refractivity contribution in [2.75, 3.05) is 46.3 Å². The van der Waals surface area contributed by atoms with Crippen LogP contribution in [-0.2, 0) is 4.79 Å². The Balaban J connectivity index is 2.17. The summed E-state index contributed by atoms with van der Waals surface area (Å²) in [5, 5.41) is 3.20. The smallest absolute Gasteiger partial charge is 0.236 e. The third-order valence-corrected chi connectivity index (χ3v) is 4.13. The summed E-state index contributed by atoms with van der Waals surface area (Å²) in [5.41, 5.74) is 0. The van der Waals surface area contributed by atoms with Crippen LogP contribution in [0.5, 0.6) is 0 Å². The van der Waals surface area contributed by atoms with E-state index in [9.17, 15) is 4.79 Å². The van der Waals surface area contributed by atoms with Crippen LogP contribution in [0.1, 0.15) is 46.0 Å². The van der Waals surface area contributed by atoms with Crippen LogP contribution in [0, 0.1) is 5.92 Å². The van der Waals surface area contributed by atoms with Gasteiger partial charge in [-0.15, -0.1) is 0 Å². The van der Waals surface area contributed by atoms with Gasteiger partial charge in [0.15, 0.2) is 0 Å². The summed E-state index contributed by atoms with van der Waals surface area (Å²) in [4.78, 5) is 16.5. The number of hydrogen-bond acceptors (Lipinski definition) is 3. The standard InChI is InChI=1S/C16H33N3O/c1-4-6-10-18(3)14-15-7-11-19(12-8-15)16(20)13-17-9-5-2/h15,17H,4-14H2,1-3H3. The molecule has 0 radical (unpaired) electrons. The normalized spacial score (nSPS) is 16.9. The fourth-order valence-corrected chi connectivity index (χ4v) is 2.81. The van der Waals surface area contributed by atoms with Crippen molar-refractivity contribution in [3.8, 4) is 0 Å². The number of rotatable bonds is 9. The molecule has 0 aromatic carbocycles. The molecule has 0 saturated carbocycles. The Morgan fingerprint density at radius 3 is 2.55 bits per heavy atom. The Bertz CT molecular complexity index is 262. The van der Waals surface area contributed by atoms with E-state index in [-0.39, 0.29) is 5.91 Å². The van der Waals surface area contributed by atoms with Gasteiger partial charge >= 0.3 is 0 Å². The quantitative estimate of drug-likeness (QED) is 0.657. The van der Waals surface area contributed by atoms with E-state index in [4.69, 9.17) is 0 Å². The van der Waals surface area contributed by atoms with E-state index in [1.165, 1.54) is 25.9 Å². The zero-order valence-corrected chi connectivity index (χ0v) is 13.7. The molecule has 1 N–H and O–H groups in total. The SMILES string of the molecule is CCCCN(C)CC1CCN(C(=O)CNCCC)CC1. The molecule has 0 unspecified atom stereocenters. The average Bonchev–Trinajstić information content (AvgIpc) is 2.46. The monoisotopic (exact) mass is 283 g/mol. The second kappa shape index (κ2) is 10.2. The topological polar surface area (TPSA) is 35.6 Å². The Morgan fingerprint density at radius 2 is 1.95 bits per heavy atom. The Kier molecular flexibility index (Phi) is 8.86. The molecule has 1 heterocycles. The summed E-state index contributed by atoms with van der Waals surface area (Å²) in [6.07, 6.45) is 5.96. The van der Waals surface area contributed by atoms with Crippen molar-refractivity contribution >= 4 is 5.91 Å². The van der Waals surface area contributed by atoms with Crippen LogP contribution in [-0.4, -0.2) is 62.0 Å². The first-order chi connectivity index (χ1) is 9.67. The van der Waals surface area contributed by atoms with Gasteiger partial charge in [0.05, 0.1) is 6.54 Å². The van der Waals surface area contributed by atoms with E-state index >= 15 is 0 Å². The molecule has 1 fully saturated rings. The number of nitrogens with zero attached hydrogens (tertiary/aromatic N) is 2.